The van der Waals surface area contributed by atoms with E-state index in [4.69, 9.17) is 4.52 Å². The van der Waals surface area contributed by atoms with Crippen LogP contribution in [0, 0.1) is 6.92 Å². The molecule has 7 nitrogen and oxygen atoms in total. The van der Waals surface area contributed by atoms with Gasteiger partial charge in [0.15, 0.2) is 5.82 Å². The zero-order chi connectivity index (χ0) is 15.6. The third kappa shape index (κ3) is 3.00. The van der Waals surface area contributed by atoms with Crippen molar-refractivity contribution in [2.24, 2.45) is 0 Å². The van der Waals surface area contributed by atoms with Gasteiger partial charge in [0.2, 0.25) is 5.89 Å². The summed E-state index contributed by atoms with van der Waals surface area (Å²) < 4.78 is 5.32. The van der Waals surface area contributed by atoms with Gasteiger partial charge in [-0.3, -0.25) is 0 Å². The summed E-state index contributed by atoms with van der Waals surface area (Å²) in [5.74, 6) is 3.95. The summed E-state index contributed by atoms with van der Waals surface area (Å²) in [6.07, 6.45) is 6.24. The Balaban J connectivity index is 1.43. The fraction of sp³-hybridized carbons (Fsp3) is 0.625. The molecule has 4 rings (SSSR count). The number of aromatic nitrogens is 4. The van der Waals surface area contributed by atoms with Crippen molar-refractivity contribution in [3.8, 4) is 0 Å². The van der Waals surface area contributed by atoms with Crippen molar-refractivity contribution in [1.29, 1.82) is 0 Å². The topological polar surface area (TPSA) is 71.2 Å². The Hall–Kier alpha value is -2.18. The first-order chi connectivity index (χ1) is 11.3. The summed E-state index contributed by atoms with van der Waals surface area (Å²) >= 11 is 0. The fourth-order valence-electron chi connectivity index (χ4n) is 3.46. The SMILES string of the molecule is Cc1noc(C2CCN(c3cc(N4CCCC4)ncn3)CC2)n1. The molecule has 2 aromatic heterocycles. The van der Waals surface area contributed by atoms with Crippen molar-refractivity contribution in [3.05, 3.63) is 24.1 Å². The highest BCUT2D eigenvalue weighted by Gasteiger charge is 2.26. The van der Waals surface area contributed by atoms with Gasteiger partial charge in [-0.15, -0.1) is 0 Å². The van der Waals surface area contributed by atoms with E-state index in [2.05, 4.69) is 36.0 Å². The highest BCUT2D eigenvalue weighted by Crippen LogP contribution is 2.30. The van der Waals surface area contributed by atoms with Crippen LogP contribution in [0.15, 0.2) is 16.9 Å². The van der Waals surface area contributed by atoms with Gasteiger partial charge in [-0.2, -0.15) is 4.98 Å². The fourth-order valence-corrected chi connectivity index (χ4v) is 3.46. The Labute approximate surface area is 135 Å². The summed E-state index contributed by atoms with van der Waals surface area (Å²) in [5.41, 5.74) is 0. The van der Waals surface area contributed by atoms with Crippen LogP contribution in [0.3, 0.4) is 0 Å². The minimum Gasteiger partial charge on any atom is -0.356 e. The zero-order valence-electron chi connectivity index (χ0n) is 13.5. The third-order valence-corrected chi connectivity index (χ3v) is 4.78. The summed E-state index contributed by atoms with van der Waals surface area (Å²) in [7, 11) is 0. The maximum absolute atomic E-state index is 5.32. The van der Waals surface area contributed by atoms with E-state index >= 15 is 0 Å². The standard InChI is InChI=1S/C16H22N6O/c1-12-19-16(23-20-12)13-4-8-22(9-5-13)15-10-14(17-11-18-15)21-6-2-3-7-21/h10-11,13H,2-9H2,1H3. The summed E-state index contributed by atoms with van der Waals surface area (Å²) in [6.45, 7) is 6.00. The second-order valence-corrected chi connectivity index (χ2v) is 6.37. The molecule has 2 saturated heterocycles. The quantitative estimate of drug-likeness (QED) is 0.859. The summed E-state index contributed by atoms with van der Waals surface area (Å²) in [4.78, 5) is 18.0. The minimum absolute atomic E-state index is 0.368. The molecule has 0 N–H and O–H groups in total. The van der Waals surface area contributed by atoms with Gasteiger partial charge in [0.25, 0.3) is 0 Å². The highest BCUT2D eigenvalue weighted by molar-refractivity contribution is 5.50. The Morgan fingerprint density at radius 1 is 1.00 bits per heavy atom. The number of nitrogens with zero attached hydrogens (tertiary/aromatic N) is 6. The molecule has 0 saturated carbocycles. The lowest BCUT2D eigenvalue weighted by Crippen LogP contribution is -2.34. The summed E-state index contributed by atoms with van der Waals surface area (Å²) in [6, 6.07) is 2.13. The number of hydrogen-bond donors (Lipinski definition) is 0. The maximum atomic E-state index is 5.32. The second-order valence-electron chi connectivity index (χ2n) is 6.37. The molecule has 2 aromatic rings. The van der Waals surface area contributed by atoms with Gasteiger partial charge in [-0.05, 0) is 32.6 Å². The van der Waals surface area contributed by atoms with Gasteiger partial charge < -0.3 is 14.3 Å². The highest BCUT2D eigenvalue weighted by atomic mass is 16.5. The number of anilines is 2. The average Bonchev–Trinajstić information content (AvgIpc) is 3.27. The van der Waals surface area contributed by atoms with Crippen molar-refractivity contribution in [3.63, 3.8) is 0 Å². The lowest BCUT2D eigenvalue weighted by atomic mass is 9.97. The van der Waals surface area contributed by atoms with Crippen LogP contribution in [0.4, 0.5) is 11.6 Å². The third-order valence-electron chi connectivity index (χ3n) is 4.78. The molecule has 0 amide bonds. The van der Waals surface area contributed by atoms with E-state index in [0.29, 0.717) is 11.7 Å². The van der Waals surface area contributed by atoms with Gasteiger partial charge in [-0.25, -0.2) is 9.97 Å². The van der Waals surface area contributed by atoms with E-state index in [9.17, 15) is 0 Å². The van der Waals surface area contributed by atoms with Gasteiger partial charge in [0.1, 0.15) is 18.0 Å². The number of hydrogen-bond acceptors (Lipinski definition) is 7. The molecule has 0 atom stereocenters. The largest absolute Gasteiger partial charge is 0.356 e. The maximum Gasteiger partial charge on any atom is 0.229 e. The van der Waals surface area contributed by atoms with Crippen LogP contribution < -0.4 is 9.80 Å². The Bertz CT molecular complexity index is 658. The molecule has 0 spiro atoms. The van der Waals surface area contributed by atoms with E-state index < -0.39 is 0 Å². The van der Waals surface area contributed by atoms with Crippen LogP contribution in [-0.4, -0.2) is 46.3 Å². The van der Waals surface area contributed by atoms with E-state index in [0.717, 1.165) is 56.5 Å². The van der Waals surface area contributed by atoms with Crippen LogP contribution >= 0.6 is 0 Å². The van der Waals surface area contributed by atoms with Gasteiger partial charge in [0.05, 0.1) is 0 Å². The molecule has 4 heterocycles. The van der Waals surface area contributed by atoms with Crippen molar-refractivity contribution < 1.29 is 4.52 Å². The van der Waals surface area contributed by atoms with Crippen molar-refractivity contribution >= 4 is 11.6 Å². The first-order valence-electron chi connectivity index (χ1n) is 8.42. The normalized spacial score (nSPS) is 19.5. The number of rotatable bonds is 3. The molecule has 0 radical (unpaired) electrons. The summed E-state index contributed by atoms with van der Waals surface area (Å²) in [5, 5.41) is 3.90. The minimum atomic E-state index is 0.368. The van der Waals surface area contributed by atoms with Crippen molar-refractivity contribution in [2.75, 3.05) is 36.0 Å². The molecule has 2 aliphatic heterocycles. The second kappa shape index (κ2) is 6.14. The van der Waals surface area contributed by atoms with Crippen LogP contribution in [0.2, 0.25) is 0 Å². The van der Waals surface area contributed by atoms with Gasteiger partial charge in [0, 0.05) is 38.2 Å². The first kappa shape index (κ1) is 14.4. The first-order valence-corrected chi connectivity index (χ1v) is 8.42. The molecular formula is C16H22N6O. The molecule has 0 aliphatic carbocycles. The Morgan fingerprint density at radius 3 is 2.26 bits per heavy atom. The molecule has 7 heteroatoms. The lowest BCUT2D eigenvalue weighted by Gasteiger charge is -2.31. The van der Waals surface area contributed by atoms with E-state index in [1.54, 1.807) is 6.33 Å². The van der Waals surface area contributed by atoms with E-state index in [1.807, 2.05) is 6.92 Å². The van der Waals surface area contributed by atoms with Crippen LogP contribution in [0.1, 0.15) is 43.3 Å². The predicted octanol–water partition coefficient (Wildman–Crippen LogP) is 2.15. The molecular weight excluding hydrogens is 292 g/mol. The van der Waals surface area contributed by atoms with Gasteiger partial charge in [-0.1, -0.05) is 5.16 Å². The number of piperidine rings is 1. The van der Waals surface area contributed by atoms with Crippen LogP contribution in [-0.2, 0) is 0 Å². The lowest BCUT2D eigenvalue weighted by molar-refractivity contribution is 0.327. The number of aryl methyl sites for hydroxylation is 1. The van der Waals surface area contributed by atoms with Crippen molar-refractivity contribution in [2.45, 2.75) is 38.5 Å². The smallest absolute Gasteiger partial charge is 0.229 e. The predicted molar refractivity (Wildman–Crippen MR) is 86.7 cm³/mol. The molecule has 122 valence electrons. The molecule has 0 unspecified atom stereocenters. The molecule has 0 aromatic carbocycles. The van der Waals surface area contributed by atoms with E-state index in [-0.39, 0.29) is 0 Å². The average molecular weight is 314 g/mol. The van der Waals surface area contributed by atoms with Crippen LogP contribution in [0.5, 0.6) is 0 Å². The van der Waals surface area contributed by atoms with Gasteiger partial charge >= 0.3 is 0 Å². The monoisotopic (exact) mass is 314 g/mol. The van der Waals surface area contributed by atoms with Crippen LogP contribution in [0.25, 0.3) is 0 Å². The Morgan fingerprint density at radius 2 is 1.65 bits per heavy atom. The molecule has 0 bridgehead atoms. The molecule has 23 heavy (non-hydrogen) atoms. The van der Waals surface area contributed by atoms with Crippen molar-refractivity contribution in [1.82, 2.24) is 20.1 Å². The van der Waals surface area contributed by atoms with E-state index in [1.165, 1.54) is 12.8 Å². The molecule has 2 aliphatic rings. The zero-order valence-corrected chi connectivity index (χ0v) is 13.5. The Kier molecular flexibility index (Phi) is 3.85. The molecule has 2 fully saturated rings.